The summed E-state index contributed by atoms with van der Waals surface area (Å²) < 4.78 is 16.6. The van der Waals surface area contributed by atoms with Crippen molar-refractivity contribution in [1.82, 2.24) is 0 Å². The van der Waals surface area contributed by atoms with Crippen LogP contribution in [0.15, 0.2) is 42.5 Å². The zero-order valence-electron chi connectivity index (χ0n) is 16.2. The van der Waals surface area contributed by atoms with Gasteiger partial charge in [0, 0.05) is 0 Å². The zero-order valence-corrected chi connectivity index (χ0v) is 16.2. The fourth-order valence-electron chi connectivity index (χ4n) is 2.81. The fraction of sp³-hybridized carbons (Fsp3) is 0.409. The number of aliphatic carboxylic acids is 1. The van der Waals surface area contributed by atoms with Gasteiger partial charge < -0.3 is 19.3 Å². The molecule has 0 saturated carbocycles. The highest BCUT2D eigenvalue weighted by atomic mass is 16.5. The van der Waals surface area contributed by atoms with Crippen molar-refractivity contribution >= 4 is 5.97 Å². The van der Waals surface area contributed by atoms with Crippen LogP contribution < -0.4 is 14.2 Å². The zero-order chi connectivity index (χ0) is 19.6. The average Bonchev–Trinajstić information content (AvgIpc) is 2.68. The number of hydrogen-bond acceptors (Lipinski definition) is 4. The molecule has 1 atom stereocenters. The lowest BCUT2D eigenvalue weighted by atomic mass is 9.92. The molecular weight excluding hydrogens is 344 g/mol. The molecular formula is C22H28O5. The minimum Gasteiger partial charge on any atom is -0.497 e. The Hall–Kier alpha value is -2.69. The number of carboxylic acids is 1. The molecule has 5 heteroatoms. The Morgan fingerprint density at radius 1 is 1.04 bits per heavy atom. The minimum absolute atomic E-state index is 0.372. The summed E-state index contributed by atoms with van der Waals surface area (Å²) in [6.45, 7) is 5.19. The Labute approximate surface area is 160 Å². The van der Waals surface area contributed by atoms with Gasteiger partial charge in [0.05, 0.1) is 26.2 Å². The van der Waals surface area contributed by atoms with E-state index in [1.54, 1.807) is 31.4 Å². The topological polar surface area (TPSA) is 65.0 Å². The lowest BCUT2D eigenvalue weighted by molar-refractivity contribution is -0.138. The maximum atomic E-state index is 11.8. The number of carboxylic acid groups (broad SMARTS) is 1. The monoisotopic (exact) mass is 372 g/mol. The Bertz CT molecular complexity index is 724. The van der Waals surface area contributed by atoms with E-state index in [2.05, 4.69) is 6.92 Å². The molecule has 1 unspecified atom stereocenters. The molecule has 2 aromatic carbocycles. The summed E-state index contributed by atoms with van der Waals surface area (Å²) in [5.41, 5.74) is 1.63. The molecule has 0 bridgehead atoms. The summed E-state index contributed by atoms with van der Waals surface area (Å²) in [6, 6.07) is 12.8. The molecule has 0 heterocycles. The van der Waals surface area contributed by atoms with Crippen LogP contribution in [0.5, 0.6) is 17.2 Å². The van der Waals surface area contributed by atoms with Crippen LogP contribution in [0.4, 0.5) is 0 Å². The van der Waals surface area contributed by atoms with E-state index in [4.69, 9.17) is 14.2 Å². The highest BCUT2D eigenvalue weighted by Crippen LogP contribution is 2.31. The van der Waals surface area contributed by atoms with Gasteiger partial charge in [0.1, 0.15) is 5.75 Å². The quantitative estimate of drug-likeness (QED) is 0.580. The molecule has 0 saturated heterocycles. The Morgan fingerprint density at radius 2 is 1.78 bits per heavy atom. The van der Waals surface area contributed by atoms with Crippen molar-refractivity contribution < 1.29 is 24.1 Å². The molecule has 0 aromatic heterocycles. The Balaban J connectivity index is 2.21. The maximum Gasteiger partial charge on any atom is 0.311 e. The smallest absolute Gasteiger partial charge is 0.311 e. The van der Waals surface area contributed by atoms with E-state index < -0.39 is 11.9 Å². The van der Waals surface area contributed by atoms with Crippen LogP contribution in [0.25, 0.3) is 0 Å². The van der Waals surface area contributed by atoms with Gasteiger partial charge >= 0.3 is 5.97 Å². The van der Waals surface area contributed by atoms with E-state index in [1.165, 1.54) is 0 Å². The summed E-state index contributed by atoms with van der Waals surface area (Å²) in [7, 11) is 1.59. The lowest BCUT2D eigenvalue weighted by Gasteiger charge is -2.16. The minimum atomic E-state index is -0.860. The lowest BCUT2D eigenvalue weighted by Crippen LogP contribution is -2.14. The van der Waals surface area contributed by atoms with Gasteiger partial charge in [0.25, 0.3) is 0 Å². The SMILES string of the molecule is CCCCOc1ccc(CC(C(=O)O)c2ccc(OC)cc2)cc1OCC. The van der Waals surface area contributed by atoms with E-state index >= 15 is 0 Å². The van der Waals surface area contributed by atoms with Gasteiger partial charge in [-0.1, -0.05) is 31.5 Å². The number of ether oxygens (including phenoxy) is 3. The number of unbranched alkanes of at least 4 members (excludes halogenated alkanes) is 1. The van der Waals surface area contributed by atoms with Gasteiger partial charge in [-0.25, -0.2) is 0 Å². The summed E-state index contributed by atoms with van der Waals surface area (Å²) in [5.74, 6) is 0.559. The van der Waals surface area contributed by atoms with Crippen LogP contribution in [0.3, 0.4) is 0 Å². The standard InChI is InChI=1S/C22H28O5/c1-4-6-13-27-20-12-7-16(15-21(20)26-5-2)14-19(22(23)24)17-8-10-18(25-3)11-9-17/h7-12,15,19H,4-6,13-14H2,1-3H3,(H,23,24). The molecule has 0 fully saturated rings. The van der Waals surface area contributed by atoms with Gasteiger partial charge in [-0.15, -0.1) is 0 Å². The molecule has 1 N–H and O–H groups in total. The first-order valence-corrected chi connectivity index (χ1v) is 9.34. The first kappa shape index (κ1) is 20.6. The third-order valence-electron chi connectivity index (χ3n) is 4.32. The second-order valence-corrected chi connectivity index (χ2v) is 6.28. The van der Waals surface area contributed by atoms with Gasteiger partial charge in [0.15, 0.2) is 11.5 Å². The van der Waals surface area contributed by atoms with Crippen molar-refractivity contribution in [3.8, 4) is 17.2 Å². The summed E-state index contributed by atoms with van der Waals surface area (Å²) in [6.07, 6.45) is 2.41. The van der Waals surface area contributed by atoms with Crippen molar-refractivity contribution in [2.75, 3.05) is 20.3 Å². The molecule has 27 heavy (non-hydrogen) atoms. The van der Waals surface area contributed by atoms with Crippen LogP contribution in [0.2, 0.25) is 0 Å². The van der Waals surface area contributed by atoms with E-state index in [9.17, 15) is 9.90 Å². The predicted molar refractivity (Wildman–Crippen MR) is 105 cm³/mol. The molecule has 5 nitrogen and oxygen atoms in total. The first-order chi connectivity index (χ1) is 13.1. The number of methoxy groups -OCH3 is 1. The van der Waals surface area contributed by atoms with E-state index in [1.807, 2.05) is 25.1 Å². The summed E-state index contributed by atoms with van der Waals surface area (Å²) in [5, 5.41) is 9.70. The average molecular weight is 372 g/mol. The van der Waals surface area contributed by atoms with Gasteiger partial charge in [-0.05, 0) is 55.2 Å². The Morgan fingerprint density at radius 3 is 2.37 bits per heavy atom. The number of rotatable bonds is 11. The van der Waals surface area contributed by atoms with E-state index in [-0.39, 0.29) is 0 Å². The largest absolute Gasteiger partial charge is 0.497 e. The molecule has 0 spiro atoms. The van der Waals surface area contributed by atoms with Crippen molar-refractivity contribution in [1.29, 1.82) is 0 Å². The maximum absolute atomic E-state index is 11.8. The molecule has 0 amide bonds. The number of benzene rings is 2. The van der Waals surface area contributed by atoms with Crippen LogP contribution in [0.1, 0.15) is 43.7 Å². The first-order valence-electron chi connectivity index (χ1n) is 9.34. The molecule has 0 aliphatic carbocycles. The van der Waals surface area contributed by atoms with Gasteiger partial charge in [-0.2, -0.15) is 0 Å². The normalized spacial score (nSPS) is 11.7. The van der Waals surface area contributed by atoms with E-state index in [0.29, 0.717) is 36.9 Å². The van der Waals surface area contributed by atoms with Crippen LogP contribution >= 0.6 is 0 Å². The second-order valence-electron chi connectivity index (χ2n) is 6.28. The van der Waals surface area contributed by atoms with Crippen LogP contribution in [0, 0.1) is 0 Å². The number of hydrogen-bond donors (Lipinski definition) is 1. The number of carbonyl (C=O) groups is 1. The Kier molecular flexibility index (Phi) is 7.99. The second kappa shape index (κ2) is 10.5. The van der Waals surface area contributed by atoms with Crippen molar-refractivity contribution in [2.24, 2.45) is 0 Å². The third-order valence-corrected chi connectivity index (χ3v) is 4.32. The molecule has 146 valence electrons. The van der Waals surface area contributed by atoms with Crippen LogP contribution in [-0.2, 0) is 11.2 Å². The van der Waals surface area contributed by atoms with Gasteiger partial charge in [-0.3, -0.25) is 4.79 Å². The molecule has 0 radical (unpaired) electrons. The summed E-state index contributed by atoms with van der Waals surface area (Å²) in [4.78, 5) is 11.8. The van der Waals surface area contributed by atoms with E-state index in [0.717, 1.165) is 24.0 Å². The summed E-state index contributed by atoms with van der Waals surface area (Å²) >= 11 is 0. The molecule has 0 aliphatic rings. The highest BCUT2D eigenvalue weighted by Gasteiger charge is 2.21. The fourth-order valence-corrected chi connectivity index (χ4v) is 2.81. The predicted octanol–water partition coefficient (Wildman–Crippen LogP) is 4.68. The van der Waals surface area contributed by atoms with Crippen LogP contribution in [-0.4, -0.2) is 31.4 Å². The highest BCUT2D eigenvalue weighted by molar-refractivity contribution is 5.76. The van der Waals surface area contributed by atoms with Crippen molar-refractivity contribution in [3.63, 3.8) is 0 Å². The van der Waals surface area contributed by atoms with Crippen molar-refractivity contribution in [2.45, 2.75) is 39.0 Å². The molecule has 2 rings (SSSR count). The molecule has 2 aromatic rings. The third kappa shape index (κ3) is 5.91. The van der Waals surface area contributed by atoms with Crippen molar-refractivity contribution in [3.05, 3.63) is 53.6 Å². The molecule has 0 aliphatic heterocycles. The van der Waals surface area contributed by atoms with Gasteiger partial charge in [0.2, 0.25) is 0 Å².